The Labute approximate surface area is 191 Å². The van der Waals surface area contributed by atoms with Crippen LogP contribution in [0, 0.1) is 0 Å². The molecule has 2 N–H and O–H groups in total. The minimum Gasteiger partial charge on any atom is -0.480 e. The number of carbonyl (C=O) groups excluding carboxylic acids is 1. The van der Waals surface area contributed by atoms with Gasteiger partial charge < -0.3 is 19.7 Å². The van der Waals surface area contributed by atoms with E-state index in [2.05, 4.69) is 25.5 Å². The Morgan fingerprint density at radius 2 is 2.00 bits per heavy atom. The summed E-state index contributed by atoms with van der Waals surface area (Å²) in [5, 5.41) is 21.6. The van der Waals surface area contributed by atoms with Crippen LogP contribution >= 0.6 is 23.5 Å². The standard InChI is InChI=1S/C19H21N7O4S2/c27-16(28)11-26-18(22-23-24-26)32-15-5-9-25(10-6-15)19(29)30-14-3-1-13(2-4-14)12-31-17-20-7-8-21-17/h1-4,7-8,15H,5-6,9-12H2,(H,20,21)(H,27,28). The number of carbonyl (C=O) groups is 2. The fraction of sp³-hybridized carbons (Fsp3) is 0.368. The first-order chi connectivity index (χ1) is 15.6. The number of hydrogen-bond acceptors (Lipinski definition) is 9. The van der Waals surface area contributed by atoms with Gasteiger partial charge in [-0.05, 0) is 41.0 Å². The molecule has 13 heteroatoms. The van der Waals surface area contributed by atoms with E-state index in [1.54, 1.807) is 41.2 Å². The Balaban J connectivity index is 1.22. The fourth-order valence-electron chi connectivity index (χ4n) is 3.11. The Bertz CT molecular complexity index is 1030. The number of imidazole rings is 1. The lowest BCUT2D eigenvalue weighted by Crippen LogP contribution is -2.41. The lowest BCUT2D eigenvalue weighted by atomic mass is 10.1. The second-order valence-corrected chi connectivity index (χ2v) is 9.24. The molecule has 11 nitrogen and oxygen atoms in total. The molecular formula is C19H21N7O4S2. The summed E-state index contributed by atoms with van der Waals surface area (Å²) in [6.45, 7) is 0.824. The molecule has 0 saturated carbocycles. The molecule has 0 unspecified atom stereocenters. The second-order valence-electron chi connectivity index (χ2n) is 7.01. The van der Waals surface area contributed by atoms with Crippen LogP contribution in [0.1, 0.15) is 18.4 Å². The average Bonchev–Trinajstić information content (AvgIpc) is 3.46. The van der Waals surface area contributed by atoms with E-state index in [4.69, 9.17) is 9.84 Å². The number of aromatic amines is 1. The van der Waals surface area contributed by atoms with Crippen molar-refractivity contribution in [2.75, 3.05) is 13.1 Å². The van der Waals surface area contributed by atoms with E-state index in [1.165, 1.54) is 16.4 Å². The van der Waals surface area contributed by atoms with Crippen molar-refractivity contribution in [3.63, 3.8) is 0 Å². The van der Waals surface area contributed by atoms with Crippen LogP contribution in [-0.2, 0) is 17.1 Å². The van der Waals surface area contributed by atoms with Gasteiger partial charge in [0.1, 0.15) is 12.3 Å². The van der Waals surface area contributed by atoms with E-state index in [0.29, 0.717) is 24.0 Å². The Hall–Kier alpha value is -3.06. The molecule has 3 heterocycles. The van der Waals surface area contributed by atoms with E-state index in [0.717, 1.165) is 29.3 Å². The zero-order valence-corrected chi connectivity index (χ0v) is 18.6. The predicted octanol–water partition coefficient (Wildman–Crippen LogP) is 2.53. The quantitative estimate of drug-likeness (QED) is 0.467. The summed E-state index contributed by atoms with van der Waals surface area (Å²) in [4.78, 5) is 32.3. The van der Waals surface area contributed by atoms with E-state index in [1.807, 2.05) is 12.1 Å². The molecule has 0 spiro atoms. The van der Waals surface area contributed by atoms with Crippen LogP contribution in [0.25, 0.3) is 0 Å². The summed E-state index contributed by atoms with van der Waals surface area (Å²) < 4.78 is 6.78. The van der Waals surface area contributed by atoms with E-state index in [9.17, 15) is 9.59 Å². The molecule has 1 amide bonds. The topological polar surface area (TPSA) is 139 Å². The van der Waals surface area contributed by atoms with Gasteiger partial charge in [-0.2, -0.15) is 0 Å². The summed E-state index contributed by atoms with van der Waals surface area (Å²) in [7, 11) is 0. The number of tetrazole rings is 1. The maximum atomic E-state index is 12.5. The van der Waals surface area contributed by atoms with Crippen molar-refractivity contribution < 1.29 is 19.4 Å². The van der Waals surface area contributed by atoms with E-state index >= 15 is 0 Å². The smallest absolute Gasteiger partial charge is 0.415 e. The van der Waals surface area contributed by atoms with Crippen molar-refractivity contribution in [3.8, 4) is 5.75 Å². The van der Waals surface area contributed by atoms with Gasteiger partial charge in [-0.25, -0.2) is 14.5 Å². The summed E-state index contributed by atoms with van der Waals surface area (Å²) in [6.07, 6.45) is 4.61. The zero-order chi connectivity index (χ0) is 22.3. The van der Waals surface area contributed by atoms with Gasteiger partial charge in [-0.3, -0.25) is 4.79 Å². The summed E-state index contributed by atoms with van der Waals surface area (Å²) in [5.74, 6) is 0.273. The number of nitrogens with one attached hydrogen (secondary N) is 1. The summed E-state index contributed by atoms with van der Waals surface area (Å²) in [6, 6.07) is 7.45. The summed E-state index contributed by atoms with van der Waals surface area (Å²) in [5.41, 5.74) is 1.11. The first kappa shape index (κ1) is 22.1. The number of piperidine rings is 1. The number of thioether (sulfide) groups is 2. The van der Waals surface area contributed by atoms with Crippen LogP contribution in [0.4, 0.5) is 4.79 Å². The summed E-state index contributed by atoms with van der Waals surface area (Å²) >= 11 is 3.04. The van der Waals surface area contributed by atoms with Crippen molar-refractivity contribution in [2.45, 2.75) is 40.7 Å². The third kappa shape index (κ3) is 6.01. The Morgan fingerprint density at radius 3 is 2.69 bits per heavy atom. The number of aliphatic carboxylic acids is 1. The number of carboxylic acids is 1. The number of rotatable bonds is 8. The molecule has 0 aliphatic carbocycles. The van der Waals surface area contributed by atoms with Gasteiger partial charge in [-0.15, -0.1) is 5.10 Å². The largest absolute Gasteiger partial charge is 0.480 e. The van der Waals surface area contributed by atoms with Gasteiger partial charge in [0.15, 0.2) is 5.16 Å². The highest BCUT2D eigenvalue weighted by Gasteiger charge is 2.26. The monoisotopic (exact) mass is 475 g/mol. The Kier molecular flexibility index (Phi) is 7.27. The number of ether oxygens (including phenoxy) is 1. The third-order valence-corrected chi connectivity index (χ3v) is 7.02. The minimum absolute atomic E-state index is 0.198. The number of carboxylic acid groups (broad SMARTS) is 1. The van der Waals surface area contributed by atoms with Gasteiger partial charge in [0.25, 0.3) is 0 Å². The van der Waals surface area contributed by atoms with Gasteiger partial charge in [0.2, 0.25) is 5.16 Å². The first-order valence-electron chi connectivity index (χ1n) is 9.89. The molecule has 32 heavy (non-hydrogen) atoms. The molecule has 1 aromatic carbocycles. The molecular weight excluding hydrogens is 454 g/mol. The van der Waals surface area contributed by atoms with E-state index in [-0.39, 0.29) is 17.9 Å². The SMILES string of the molecule is O=C(O)Cn1nnnc1SC1CCN(C(=O)Oc2ccc(CSc3ncc[nH]3)cc2)CC1. The number of H-pyrrole nitrogens is 1. The highest BCUT2D eigenvalue weighted by atomic mass is 32.2. The number of benzene rings is 1. The normalized spacial score (nSPS) is 14.4. The van der Waals surface area contributed by atoms with Crippen molar-refractivity contribution in [1.82, 2.24) is 35.1 Å². The molecule has 1 aliphatic heterocycles. The third-order valence-electron chi connectivity index (χ3n) is 4.73. The highest BCUT2D eigenvalue weighted by Crippen LogP contribution is 2.29. The number of nitrogens with zero attached hydrogens (tertiary/aromatic N) is 6. The molecule has 1 saturated heterocycles. The molecule has 0 radical (unpaired) electrons. The molecule has 168 valence electrons. The maximum Gasteiger partial charge on any atom is 0.415 e. The lowest BCUT2D eigenvalue weighted by molar-refractivity contribution is -0.138. The van der Waals surface area contributed by atoms with Gasteiger partial charge in [0.05, 0.1) is 0 Å². The number of aromatic nitrogens is 6. The maximum absolute atomic E-state index is 12.5. The van der Waals surface area contributed by atoms with Crippen LogP contribution in [0.5, 0.6) is 5.75 Å². The molecule has 4 rings (SSSR count). The van der Waals surface area contributed by atoms with Crippen molar-refractivity contribution in [1.29, 1.82) is 0 Å². The minimum atomic E-state index is -0.999. The average molecular weight is 476 g/mol. The lowest BCUT2D eigenvalue weighted by Gasteiger charge is -2.30. The molecule has 1 aliphatic rings. The number of hydrogen-bond donors (Lipinski definition) is 2. The van der Waals surface area contributed by atoms with Crippen molar-refractivity contribution >= 4 is 35.6 Å². The molecule has 1 fully saturated rings. The van der Waals surface area contributed by atoms with Crippen molar-refractivity contribution in [2.24, 2.45) is 0 Å². The fourth-order valence-corrected chi connectivity index (χ4v) is 4.95. The van der Waals surface area contributed by atoms with Crippen LogP contribution in [0.3, 0.4) is 0 Å². The van der Waals surface area contributed by atoms with E-state index < -0.39 is 5.97 Å². The zero-order valence-electron chi connectivity index (χ0n) is 17.0. The van der Waals surface area contributed by atoms with Gasteiger partial charge in [0, 0.05) is 36.5 Å². The highest BCUT2D eigenvalue weighted by molar-refractivity contribution is 7.99. The Morgan fingerprint density at radius 1 is 1.22 bits per heavy atom. The van der Waals surface area contributed by atoms with Crippen molar-refractivity contribution in [3.05, 3.63) is 42.2 Å². The molecule has 0 atom stereocenters. The molecule has 2 aromatic heterocycles. The first-order valence-corrected chi connectivity index (χ1v) is 11.8. The van der Waals surface area contributed by atoms with Crippen LogP contribution < -0.4 is 4.74 Å². The molecule has 3 aromatic rings. The molecule has 0 bridgehead atoms. The predicted molar refractivity (Wildman–Crippen MR) is 117 cm³/mol. The number of likely N-dealkylation sites (tertiary alicyclic amines) is 1. The van der Waals surface area contributed by atoms with Gasteiger partial charge in [-0.1, -0.05) is 35.7 Å². The number of amides is 1. The van der Waals surface area contributed by atoms with Crippen LogP contribution in [0.15, 0.2) is 47.0 Å². The van der Waals surface area contributed by atoms with Gasteiger partial charge >= 0.3 is 12.1 Å². The van der Waals surface area contributed by atoms with Crippen LogP contribution in [-0.4, -0.2) is 70.6 Å². The van der Waals surface area contributed by atoms with Crippen LogP contribution in [0.2, 0.25) is 0 Å². The second kappa shape index (κ2) is 10.5.